The molecular weight excluding hydrogens is 222 g/mol. The van der Waals surface area contributed by atoms with E-state index < -0.39 is 0 Å². The SMILES string of the molecule is CC1CCC(C(=O)C2C3CCC(C3)C2N)CC1C. The standard InChI is InChI=1S/C16H27NO/c1-9-3-4-13(7-10(9)2)16(18)14-11-5-6-12(8-11)15(14)17/h9-15H,3-8,17H2,1-2H3. The van der Waals surface area contributed by atoms with Crippen molar-refractivity contribution in [3.8, 4) is 0 Å². The fraction of sp³-hybridized carbons (Fsp3) is 0.938. The average molecular weight is 249 g/mol. The van der Waals surface area contributed by atoms with E-state index in [1.165, 1.54) is 25.7 Å². The minimum atomic E-state index is 0.186. The molecule has 2 nitrogen and oxygen atoms in total. The lowest BCUT2D eigenvalue weighted by atomic mass is 9.69. The Hall–Kier alpha value is -0.370. The van der Waals surface area contributed by atoms with Crippen LogP contribution in [0.1, 0.15) is 52.4 Å². The minimum Gasteiger partial charge on any atom is -0.327 e. The summed E-state index contributed by atoms with van der Waals surface area (Å²) in [7, 11) is 0. The van der Waals surface area contributed by atoms with E-state index in [1.807, 2.05) is 0 Å². The number of carbonyl (C=O) groups excluding carboxylic acids is 1. The highest BCUT2D eigenvalue weighted by atomic mass is 16.1. The van der Waals surface area contributed by atoms with Crippen molar-refractivity contribution in [1.29, 1.82) is 0 Å². The molecule has 0 spiro atoms. The molecule has 0 saturated heterocycles. The zero-order chi connectivity index (χ0) is 12.9. The number of Topliss-reactive ketones (excluding diaryl/α,β-unsaturated/α-hetero) is 1. The Morgan fingerprint density at radius 1 is 0.944 bits per heavy atom. The molecule has 3 aliphatic rings. The minimum absolute atomic E-state index is 0.186. The third kappa shape index (κ3) is 1.93. The second-order valence-electron chi connectivity index (χ2n) is 7.30. The molecule has 7 atom stereocenters. The van der Waals surface area contributed by atoms with Crippen LogP contribution in [0, 0.1) is 35.5 Å². The molecular formula is C16H27NO. The van der Waals surface area contributed by atoms with Gasteiger partial charge in [0.05, 0.1) is 0 Å². The first-order chi connectivity index (χ1) is 8.58. The third-order valence-electron chi connectivity index (χ3n) is 6.31. The highest BCUT2D eigenvalue weighted by Crippen LogP contribution is 2.49. The molecule has 0 aliphatic heterocycles. The Labute approximate surface area is 111 Å². The maximum absolute atomic E-state index is 12.8. The van der Waals surface area contributed by atoms with E-state index in [4.69, 9.17) is 5.73 Å². The van der Waals surface area contributed by atoms with Crippen molar-refractivity contribution >= 4 is 5.78 Å². The number of rotatable bonds is 2. The lowest BCUT2D eigenvalue weighted by molar-refractivity contribution is -0.130. The second kappa shape index (κ2) is 4.63. The van der Waals surface area contributed by atoms with Gasteiger partial charge in [-0.3, -0.25) is 4.79 Å². The van der Waals surface area contributed by atoms with Crippen molar-refractivity contribution in [2.45, 2.75) is 58.4 Å². The van der Waals surface area contributed by atoms with E-state index in [1.54, 1.807) is 0 Å². The van der Waals surface area contributed by atoms with Crippen LogP contribution in [0.2, 0.25) is 0 Å². The molecule has 0 radical (unpaired) electrons. The highest BCUT2D eigenvalue weighted by Gasteiger charge is 2.50. The quantitative estimate of drug-likeness (QED) is 0.817. The molecule has 3 aliphatic carbocycles. The lowest BCUT2D eigenvalue weighted by Gasteiger charge is -2.35. The predicted molar refractivity (Wildman–Crippen MR) is 73.0 cm³/mol. The van der Waals surface area contributed by atoms with Gasteiger partial charge in [-0.15, -0.1) is 0 Å². The van der Waals surface area contributed by atoms with E-state index >= 15 is 0 Å². The summed E-state index contributed by atoms with van der Waals surface area (Å²) >= 11 is 0. The fourth-order valence-electron chi connectivity index (χ4n) is 4.84. The van der Waals surface area contributed by atoms with Gasteiger partial charge in [-0.1, -0.05) is 13.8 Å². The summed E-state index contributed by atoms with van der Waals surface area (Å²) < 4.78 is 0. The number of fused-ring (bicyclic) bond motifs is 2. The van der Waals surface area contributed by atoms with Gasteiger partial charge in [0, 0.05) is 17.9 Å². The van der Waals surface area contributed by atoms with Crippen LogP contribution >= 0.6 is 0 Å². The molecule has 3 saturated carbocycles. The number of hydrogen-bond donors (Lipinski definition) is 1. The summed E-state index contributed by atoms with van der Waals surface area (Å²) in [4.78, 5) is 12.8. The van der Waals surface area contributed by atoms with Crippen LogP contribution in [-0.4, -0.2) is 11.8 Å². The van der Waals surface area contributed by atoms with Gasteiger partial charge in [0.15, 0.2) is 0 Å². The summed E-state index contributed by atoms with van der Waals surface area (Å²) in [6, 6.07) is 0.186. The zero-order valence-electron chi connectivity index (χ0n) is 11.8. The Morgan fingerprint density at radius 2 is 1.67 bits per heavy atom. The Balaban J connectivity index is 1.68. The number of hydrogen-bond acceptors (Lipinski definition) is 2. The van der Waals surface area contributed by atoms with E-state index in [0.717, 1.165) is 18.8 Å². The first kappa shape index (κ1) is 12.7. The van der Waals surface area contributed by atoms with Crippen molar-refractivity contribution in [2.24, 2.45) is 41.2 Å². The van der Waals surface area contributed by atoms with Crippen LogP contribution in [0.15, 0.2) is 0 Å². The van der Waals surface area contributed by atoms with Crippen molar-refractivity contribution in [3.63, 3.8) is 0 Å². The molecule has 0 heterocycles. The van der Waals surface area contributed by atoms with Crippen molar-refractivity contribution in [3.05, 3.63) is 0 Å². The lowest BCUT2D eigenvalue weighted by Crippen LogP contribution is -2.43. The second-order valence-corrected chi connectivity index (χ2v) is 7.30. The summed E-state index contributed by atoms with van der Waals surface area (Å²) in [6.45, 7) is 4.64. The van der Waals surface area contributed by atoms with E-state index in [2.05, 4.69) is 13.8 Å². The summed E-state index contributed by atoms with van der Waals surface area (Å²) in [6.07, 6.45) is 7.22. The molecule has 3 rings (SSSR count). The van der Waals surface area contributed by atoms with Crippen LogP contribution in [-0.2, 0) is 4.79 Å². The van der Waals surface area contributed by atoms with Gasteiger partial charge in [0.2, 0.25) is 0 Å². The molecule has 0 aromatic carbocycles. The Morgan fingerprint density at radius 3 is 2.28 bits per heavy atom. The summed E-state index contributed by atoms with van der Waals surface area (Å²) in [5.74, 6) is 3.87. The zero-order valence-corrected chi connectivity index (χ0v) is 11.8. The molecule has 0 amide bonds. The predicted octanol–water partition coefficient (Wildman–Crippen LogP) is 3.00. The molecule has 3 fully saturated rings. The van der Waals surface area contributed by atoms with Gasteiger partial charge < -0.3 is 5.73 Å². The molecule has 18 heavy (non-hydrogen) atoms. The van der Waals surface area contributed by atoms with Gasteiger partial charge in [0.1, 0.15) is 5.78 Å². The maximum Gasteiger partial charge on any atom is 0.140 e. The topological polar surface area (TPSA) is 43.1 Å². The summed E-state index contributed by atoms with van der Waals surface area (Å²) in [5.41, 5.74) is 6.31. The molecule has 7 unspecified atom stereocenters. The van der Waals surface area contributed by atoms with Crippen LogP contribution < -0.4 is 5.73 Å². The van der Waals surface area contributed by atoms with E-state index in [0.29, 0.717) is 29.5 Å². The van der Waals surface area contributed by atoms with Gasteiger partial charge in [0.25, 0.3) is 0 Å². The van der Waals surface area contributed by atoms with Gasteiger partial charge in [-0.2, -0.15) is 0 Å². The molecule has 102 valence electrons. The molecule has 2 heteroatoms. The van der Waals surface area contributed by atoms with Gasteiger partial charge in [-0.25, -0.2) is 0 Å². The van der Waals surface area contributed by atoms with Gasteiger partial charge >= 0.3 is 0 Å². The van der Waals surface area contributed by atoms with E-state index in [9.17, 15) is 4.79 Å². The molecule has 2 N–H and O–H groups in total. The molecule has 0 aromatic heterocycles. The largest absolute Gasteiger partial charge is 0.327 e. The maximum atomic E-state index is 12.8. The van der Waals surface area contributed by atoms with Crippen molar-refractivity contribution in [2.75, 3.05) is 0 Å². The summed E-state index contributed by atoms with van der Waals surface area (Å²) in [5, 5.41) is 0. The fourth-order valence-corrected chi connectivity index (χ4v) is 4.84. The average Bonchev–Trinajstić information content (AvgIpc) is 2.92. The first-order valence-electron chi connectivity index (χ1n) is 7.87. The van der Waals surface area contributed by atoms with Gasteiger partial charge in [-0.05, 0) is 62.2 Å². The van der Waals surface area contributed by atoms with Crippen molar-refractivity contribution < 1.29 is 4.79 Å². The van der Waals surface area contributed by atoms with Crippen LogP contribution in [0.4, 0.5) is 0 Å². The van der Waals surface area contributed by atoms with Crippen LogP contribution in [0.3, 0.4) is 0 Å². The third-order valence-corrected chi connectivity index (χ3v) is 6.31. The monoisotopic (exact) mass is 249 g/mol. The smallest absolute Gasteiger partial charge is 0.140 e. The van der Waals surface area contributed by atoms with Crippen LogP contribution in [0.25, 0.3) is 0 Å². The highest BCUT2D eigenvalue weighted by molar-refractivity contribution is 5.85. The molecule has 0 aromatic rings. The number of ketones is 1. The number of nitrogens with two attached hydrogens (primary N) is 1. The number of carbonyl (C=O) groups is 1. The van der Waals surface area contributed by atoms with Crippen molar-refractivity contribution in [1.82, 2.24) is 0 Å². The normalized spacial score (nSPS) is 51.6. The Bertz CT molecular complexity index is 338. The first-order valence-corrected chi connectivity index (χ1v) is 7.87. The van der Waals surface area contributed by atoms with E-state index in [-0.39, 0.29) is 12.0 Å². The Kier molecular flexibility index (Phi) is 3.25. The molecule has 2 bridgehead atoms. The van der Waals surface area contributed by atoms with Crippen LogP contribution in [0.5, 0.6) is 0 Å².